The maximum atomic E-state index is 11.8. The first-order valence-electron chi connectivity index (χ1n) is 4.68. The summed E-state index contributed by atoms with van der Waals surface area (Å²) in [6.45, 7) is 3.54. The predicted molar refractivity (Wildman–Crippen MR) is 48.7 cm³/mol. The monoisotopic (exact) mass is 213 g/mol. The Morgan fingerprint density at radius 1 is 1.29 bits per heavy atom. The quantitative estimate of drug-likeness (QED) is 0.734. The normalized spacial score (nSPS) is 19.1. The molecule has 2 unspecified atom stereocenters. The number of halogens is 3. The number of nitrogens with two attached hydrogens (primary N) is 1. The molecule has 0 heterocycles. The van der Waals surface area contributed by atoms with Crippen molar-refractivity contribution in [3.63, 3.8) is 0 Å². The predicted octanol–water partition coefficient (Wildman–Crippen LogP) is 2.06. The molecule has 0 aromatic heterocycles. The zero-order valence-electron chi connectivity index (χ0n) is 8.56. The van der Waals surface area contributed by atoms with Gasteiger partial charge in [-0.05, 0) is 32.2 Å². The van der Waals surface area contributed by atoms with E-state index in [4.69, 9.17) is 5.73 Å². The van der Waals surface area contributed by atoms with Crippen molar-refractivity contribution in [3.8, 4) is 0 Å². The molecular formula is C9H18F3NO. The molecule has 0 aliphatic rings. The molecule has 0 aliphatic heterocycles. The minimum absolute atomic E-state index is 0.0547. The summed E-state index contributed by atoms with van der Waals surface area (Å²) in [4.78, 5) is 0. The molecule has 0 saturated heterocycles. The van der Waals surface area contributed by atoms with Crippen LogP contribution in [0.3, 0.4) is 0 Å². The summed E-state index contributed by atoms with van der Waals surface area (Å²) < 4.78 is 35.4. The van der Waals surface area contributed by atoms with Gasteiger partial charge in [-0.15, -0.1) is 0 Å². The molecule has 0 saturated carbocycles. The SMILES string of the molecule is CC(CN)C(C)(O)CCCC(F)(F)F. The van der Waals surface area contributed by atoms with Crippen LogP contribution in [-0.2, 0) is 0 Å². The van der Waals surface area contributed by atoms with Gasteiger partial charge in [-0.1, -0.05) is 6.92 Å². The number of hydrogen-bond acceptors (Lipinski definition) is 2. The average Bonchev–Trinajstić information content (AvgIpc) is 2.00. The Hall–Kier alpha value is -0.290. The molecule has 0 bridgehead atoms. The van der Waals surface area contributed by atoms with Gasteiger partial charge in [0.25, 0.3) is 0 Å². The highest BCUT2D eigenvalue weighted by molar-refractivity contribution is 4.79. The molecule has 0 aromatic carbocycles. The Labute approximate surface area is 82.3 Å². The lowest BCUT2D eigenvalue weighted by Crippen LogP contribution is -2.37. The van der Waals surface area contributed by atoms with Crippen LogP contribution in [0.2, 0.25) is 0 Å². The van der Waals surface area contributed by atoms with Crippen LogP contribution in [0, 0.1) is 5.92 Å². The summed E-state index contributed by atoms with van der Waals surface area (Å²) in [6.07, 6.45) is -4.91. The molecule has 0 rings (SSSR count). The molecule has 0 amide bonds. The van der Waals surface area contributed by atoms with Crippen LogP contribution in [0.25, 0.3) is 0 Å². The van der Waals surface area contributed by atoms with Crippen molar-refractivity contribution in [2.45, 2.75) is 44.9 Å². The standard InChI is InChI=1S/C9H18F3NO/c1-7(6-13)8(2,14)4-3-5-9(10,11)12/h7,14H,3-6,13H2,1-2H3. The van der Waals surface area contributed by atoms with E-state index in [1.54, 1.807) is 6.92 Å². The van der Waals surface area contributed by atoms with Crippen molar-refractivity contribution in [2.75, 3.05) is 6.54 Å². The average molecular weight is 213 g/mol. The van der Waals surface area contributed by atoms with E-state index in [-0.39, 0.29) is 25.3 Å². The second-order valence-corrected chi connectivity index (χ2v) is 3.96. The number of rotatable bonds is 5. The molecule has 14 heavy (non-hydrogen) atoms. The molecule has 0 aromatic rings. The van der Waals surface area contributed by atoms with Crippen molar-refractivity contribution in [3.05, 3.63) is 0 Å². The van der Waals surface area contributed by atoms with Crippen molar-refractivity contribution in [1.29, 1.82) is 0 Å². The highest BCUT2D eigenvalue weighted by atomic mass is 19.4. The molecule has 0 fully saturated rings. The van der Waals surface area contributed by atoms with E-state index in [9.17, 15) is 18.3 Å². The minimum Gasteiger partial charge on any atom is -0.390 e. The van der Waals surface area contributed by atoms with E-state index < -0.39 is 18.2 Å². The molecule has 2 atom stereocenters. The van der Waals surface area contributed by atoms with Crippen LogP contribution in [-0.4, -0.2) is 23.4 Å². The molecular weight excluding hydrogens is 195 g/mol. The fourth-order valence-corrected chi connectivity index (χ4v) is 1.15. The Bertz CT molecular complexity index is 168. The van der Waals surface area contributed by atoms with Crippen molar-refractivity contribution in [1.82, 2.24) is 0 Å². The van der Waals surface area contributed by atoms with Crippen LogP contribution < -0.4 is 5.73 Å². The first kappa shape index (κ1) is 13.7. The van der Waals surface area contributed by atoms with Gasteiger partial charge in [-0.2, -0.15) is 13.2 Å². The zero-order chi connectivity index (χ0) is 11.4. The van der Waals surface area contributed by atoms with Gasteiger partial charge in [0.1, 0.15) is 0 Å². The Kier molecular flexibility index (Phi) is 4.88. The molecule has 5 heteroatoms. The topological polar surface area (TPSA) is 46.2 Å². The minimum atomic E-state index is -4.14. The summed E-state index contributed by atoms with van der Waals surface area (Å²) in [6, 6.07) is 0. The third kappa shape index (κ3) is 5.44. The van der Waals surface area contributed by atoms with Crippen LogP contribution in [0.4, 0.5) is 13.2 Å². The molecule has 3 N–H and O–H groups in total. The van der Waals surface area contributed by atoms with Gasteiger partial charge in [0.05, 0.1) is 5.60 Å². The van der Waals surface area contributed by atoms with Gasteiger partial charge in [-0.3, -0.25) is 0 Å². The van der Waals surface area contributed by atoms with Gasteiger partial charge in [0.2, 0.25) is 0 Å². The largest absolute Gasteiger partial charge is 0.390 e. The third-order valence-corrected chi connectivity index (χ3v) is 2.56. The number of aliphatic hydroxyl groups is 1. The highest BCUT2D eigenvalue weighted by Crippen LogP contribution is 2.27. The summed E-state index contributed by atoms with van der Waals surface area (Å²) >= 11 is 0. The summed E-state index contributed by atoms with van der Waals surface area (Å²) in [7, 11) is 0. The Morgan fingerprint density at radius 3 is 2.14 bits per heavy atom. The van der Waals surface area contributed by atoms with E-state index in [1.807, 2.05) is 0 Å². The molecule has 0 spiro atoms. The van der Waals surface area contributed by atoms with Gasteiger partial charge >= 0.3 is 6.18 Å². The van der Waals surface area contributed by atoms with Crippen LogP contribution >= 0.6 is 0 Å². The maximum Gasteiger partial charge on any atom is 0.389 e. The second kappa shape index (κ2) is 4.98. The van der Waals surface area contributed by atoms with Gasteiger partial charge in [0, 0.05) is 6.42 Å². The van der Waals surface area contributed by atoms with E-state index in [0.29, 0.717) is 0 Å². The Morgan fingerprint density at radius 2 is 1.79 bits per heavy atom. The lowest BCUT2D eigenvalue weighted by Gasteiger charge is -2.29. The summed E-state index contributed by atoms with van der Waals surface area (Å²) in [5.41, 5.74) is 4.24. The van der Waals surface area contributed by atoms with Gasteiger partial charge in [0.15, 0.2) is 0 Å². The zero-order valence-corrected chi connectivity index (χ0v) is 8.56. The molecule has 86 valence electrons. The Balaban J connectivity index is 3.88. The first-order chi connectivity index (χ1) is 6.19. The fourth-order valence-electron chi connectivity index (χ4n) is 1.15. The van der Waals surface area contributed by atoms with Crippen LogP contribution in [0.15, 0.2) is 0 Å². The van der Waals surface area contributed by atoms with E-state index in [2.05, 4.69) is 0 Å². The van der Waals surface area contributed by atoms with E-state index in [0.717, 1.165) is 0 Å². The van der Waals surface area contributed by atoms with E-state index in [1.165, 1.54) is 6.92 Å². The van der Waals surface area contributed by atoms with E-state index >= 15 is 0 Å². The number of alkyl halides is 3. The lowest BCUT2D eigenvalue weighted by molar-refractivity contribution is -0.138. The van der Waals surface area contributed by atoms with Crippen molar-refractivity contribution >= 4 is 0 Å². The second-order valence-electron chi connectivity index (χ2n) is 3.96. The molecule has 0 radical (unpaired) electrons. The summed E-state index contributed by atoms with van der Waals surface area (Å²) in [5.74, 6) is -0.185. The number of hydrogen-bond donors (Lipinski definition) is 2. The van der Waals surface area contributed by atoms with Crippen LogP contribution in [0.5, 0.6) is 0 Å². The van der Waals surface area contributed by atoms with Gasteiger partial charge < -0.3 is 10.8 Å². The highest BCUT2D eigenvalue weighted by Gasteiger charge is 2.31. The smallest absolute Gasteiger partial charge is 0.389 e. The van der Waals surface area contributed by atoms with Crippen molar-refractivity contribution < 1.29 is 18.3 Å². The fraction of sp³-hybridized carbons (Fsp3) is 1.00. The van der Waals surface area contributed by atoms with Crippen molar-refractivity contribution in [2.24, 2.45) is 11.7 Å². The third-order valence-electron chi connectivity index (χ3n) is 2.56. The molecule has 0 aliphatic carbocycles. The molecule has 2 nitrogen and oxygen atoms in total. The maximum absolute atomic E-state index is 11.8. The first-order valence-corrected chi connectivity index (χ1v) is 4.68. The van der Waals surface area contributed by atoms with Gasteiger partial charge in [-0.25, -0.2) is 0 Å². The van der Waals surface area contributed by atoms with Crippen LogP contribution in [0.1, 0.15) is 33.1 Å². The lowest BCUT2D eigenvalue weighted by atomic mass is 9.86. The summed E-state index contributed by atoms with van der Waals surface area (Å²) in [5, 5.41) is 9.73.